The Hall–Kier alpha value is -4.34. The Labute approximate surface area is 222 Å². The summed E-state index contributed by atoms with van der Waals surface area (Å²) in [5, 5.41) is 20.5. The predicted molar refractivity (Wildman–Crippen MR) is 146 cm³/mol. The van der Waals surface area contributed by atoms with Crippen LogP contribution in [-0.4, -0.2) is 23.7 Å². The third-order valence-corrected chi connectivity index (χ3v) is 8.35. The molecule has 1 saturated carbocycles. The van der Waals surface area contributed by atoms with Crippen molar-refractivity contribution in [2.24, 2.45) is 0 Å². The van der Waals surface area contributed by atoms with E-state index >= 15 is 0 Å². The molecule has 2 aromatic carbocycles. The van der Waals surface area contributed by atoms with Gasteiger partial charge in [0.05, 0.1) is 22.5 Å². The molecule has 8 nitrogen and oxygen atoms in total. The van der Waals surface area contributed by atoms with E-state index in [1.54, 1.807) is 30.5 Å². The van der Waals surface area contributed by atoms with E-state index in [-0.39, 0.29) is 17.7 Å². The molecule has 38 heavy (non-hydrogen) atoms. The Bertz CT molecular complexity index is 1720. The first-order valence-corrected chi connectivity index (χ1v) is 14.2. The van der Waals surface area contributed by atoms with Crippen molar-refractivity contribution >= 4 is 26.6 Å². The van der Waals surface area contributed by atoms with Crippen LogP contribution in [0.3, 0.4) is 0 Å². The first kappa shape index (κ1) is 25.3. The van der Waals surface area contributed by atoms with Gasteiger partial charge in [-0.15, -0.1) is 0 Å². The largest absolute Gasteiger partial charge is 0.438 e. The quantitative estimate of drug-likeness (QED) is 0.283. The van der Waals surface area contributed by atoms with Crippen LogP contribution in [0.5, 0.6) is 11.6 Å². The minimum atomic E-state index is -3.41. The Morgan fingerprint density at radius 1 is 1.13 bits per heavy atom. The highest BCUT2D eigenvalue weighted by atomic mass is 32.2. The van der Waals surface area contributed by atoms with Gasteiger partial charge in [0, 0.05) is 34.9 Å². The zero-order valence-electron chi connectivity index (χ0n) is 21.2. The summed E-state index contributed by atoms with van der Waals surface area (Å²) < 4.78 is 35.4. The minimum absolute atomic E-state index is 0.0566. The number of hydrogen-bond donors (Lipinski definition) is 1. The fraction of sp³-hybridized carbons (Fsp3) is 0.276. The highest BCUT2D eigenvalue weighted by Gasteiger charge is 2.29. The molecule has 0 unspecified atom stereocenters. The van der Waals surface area contributed by atoms with Gasteiger partial charge in [0.25, 0.3) is 0 Å². The molecule has 0 atom stereocenters. The molecule has 2 aromatic heterocycles. The number of nitrogens with one attached hydrogen (secondary N) is 1. The smallest absolute Gasteiger partial charge is 0.237 e. The van der Waals surface area contributed by atoms with Crippen molar-refractivity contribution in [3.63, 3.8) is 0 Å². The van der Waals surface area contributed by atoms with Crippen LogP contribution in [0.2, 0.25) is 0 Å². The Balaban J connectivity index is 1.63. The molecule has 1 aliphatic carbocycles. The molecule has 0 bridgehead atoms. The van der Waals surface area contributed by atoms with E-state index in [0.29, 0.717) is 29.0 Å². The maximum absolute atomic E-state index is 12.3. The molecule has 1 fully saturated rings. The van der Waals surface area contributed by atoms with Crippen LogP contribution < -0.4 is 9.46 Å². The highest BCUT2D eigenvalue weighted by Crippen LogP contribution is 2.44. The summed E-state index contributed by atoms with van der Waals surface area (Å²) >= 11 is 0. The van der Waals surface area contributed by atoms with Crippen molar-refractivity contribution in [3.05, 3.63) is 71.4 Å². The van der Waals surface area contributed by atoms with E-state index in [9.17, 15) is 18.9 Å². The Kier molecular flexibility index (Phi) is 6.79. The molecule has 2 heterocycles. The lowest BCUT2D eigenvalue weighted by atomic mass is 9.91. The Morgan fingerprint density at radius 3 is 2.61 bits per heavy atom. The molecular formula is C29H27N5O3S. The van der Waals surface area contributed by atoms with Gasteiger partial charge >= 0.3 is 0 Å². The van der Waals surface area contributed by atoms with Crippen molar-refractivity contribution in [1.82, 2.24) is 9.55 Å². The standard InChI is InChI=1S/C29H27N5O3S/c1-3-14-38(35,36)33-21-9-11-24(19(2)15-21)28-26(18-31)25-12-10-23(16-27(25)34(28)22-7-4-8-22)37-29-20(17-30)6-5-13-32-29/h5-6,9-13,15-16,22,33H,3-4,7-8,14H2,1-2H3. The van der Waals surface area contributed by atoms with Gasteiger partial charge in [-0.2, -0.15) is 10.5 Å². The van der Waals surface area contributed by atoms with E-state index in [4.69, 9.17) is 4.74 Å². The number of nitrogens with zero attached hydrogens (tertiary/aromatic N) is 4. The monoisotopic (exact) mass is 525 g/mol. The number of nitriles is 2. The van der Waals surface area contributed by atoms with Gasteiger partial charge in [-0.3, -0.25) is 4.72 Å². The number of rotatable bonds is 8. The molecule has 0 radical (unpaired) electrons. The van der Waals surface area contributed by atoms with Gasteiger partial charge < -0.3 is 9.30 Å². The predicted octanol–water partition coefficient (Wildman–Crippen LogP) is 6.42. The van der Waals surface area contributed by atoms with E-state index in [1.165, 1.54) is 0 Å². The van der Waals surface area contributed by atoms with Crippen LogP contribution in [-0.2, 0) is 10.0 Å². The zero-order chi connectivity index (χ0) is 26.9. The van der Waals surface area contributed by atoms with Gasteiger partial charge in [-0.25, -0.2) is 13.4 Å². The fourth-order valence-electron chi connectivity index (χ4n) is 4.92. The van der Waals surface area contributed by atoms with Crippen LogP contribution >= 0.6 is 0 Å². The minimum Gasteiger partial charge on any atom is -0.438 e. The number of anilines is 1. The summed E-state index contributed by atoms with van der Waals surface area (Å²) in [5.74, 6) is 0.814. The summed E-state index contributed by atoms with van der Waals surface area (Å²) in [6, 6.07) is 19.1. The number of aryl methyl sites for hydroxylation is 1. The van der Waals surface area contributed by atoms with Crippen molar-refractivity contribution < 1.29 is 13.2 Å². The lowest BCUT2D eigenvalue weighted by Gasteiger charge is -2.30. The Morgan fingerprint density at radius 2 is 1.95 bits per heavy atom. The maximum atomic E-state index is 12.3. The molecule has 9 heteroatoms. The third-order valence-electron chi connectivity index (χ3n) is 6.86. The second-order valence-electron chi connectivity index (χ2n) is 9.49. The number of aromatic nitrogens is 2. The molecule has 0 aliphatic heterocycles. The SMILES string of the molecule is CCCS(=O)(=O)Nc1ccc(-c2c(C#N)c3ccc(Oc4ncccc4C#N)cc3n2C2CCC2)c(C)c1. The number of sulfonamides is 1. The van der Waals surface area contributed by atoms with Crippen molar-refractivity contribution in [2.75, 3.05) is 10.5 Å². The zero-order valence-corrected chi connectivity index (χ0v) is 22.0. The number of hydrogen-bond acceptors (Lipinski definition) is 6. The molecule has 0 spiro atoms. The number of ether oxygens (including phenoxy) is 1. The lowest BCUT2D eigenvalue weighted by Crippen LogP contribution is -2.18. The van der Waals surface area contributed by atoms with Gasteiger partial charge in [0.15, 0.2) is 0 Å². The number of fused-ring (bicyclic) bond motifs is 1. The first-order chi connectivity index (χ1) is 18.3. The third kappa shape index (κ3) is 4.69. The average molecular weight is 526 g/mol. The van der Waals surface area contributed by atoms with E-state index in [2.05, 4.69) is 26.4 Å². The second kappa shape index (κ2) is 10.2. The molecule has 0 saturated heterocycles. The van der Waals surface area contributed by atoms with E-state index in [1.807, 2.05) is 38.1 Å². The normalized spacial score (nSPS) is 13.5. The van der Waals surface area contributed by atoms with Crippen molar-refractivity contribution in [3.8, 4) is 35.0 Å². The van der Waals surface area contributed by atoms with Crippen LogP contribution in [0.15, 0.2) is 54.7 Å². The first-order valence-electron chi connectivity index (χ1n) is 12.6. The molecule has 1 aliphatic rings. The van der Waals surface area contributed by atoms with Gasteiger partial charge in [-0.1, -0.05) is 13.0 Å². The molecule has 4 aromatic rings. The number of benzene rings is 2. The van der Waals surface area contributed by atoms with Crippen LogP contribution in [0.1, 0.15) is 55.3 Å². The number of pyridine rings is 1. The maximum Gasteiger partial charge on any atom is 0.237 e. The van der Waals surface area contributed by atoms with Crippen LogP contribution in [0.25, 0.3) is 22.2 Å². The molecule has 1 N–H and O–H groups in total. The average Bonchev–Trinajstić information content (AvgIpc) is 3.16. The second-order valence-corrected chi connectivity index (χ2v) is 11.3. The van der Waals surface area contributed by atoms with E-state index in [0.717, 1.165) is 47.0 Å². The summed E-state index contributed by atoms with van der Waals surface area (Å²) in [7, 11) is -3.41. The van der Waals surface area contributed by atoms with Gasteiger partial charge in [0.1, 0.15) is 23.5 Å². The summed E-state index contributed by atoms with van der Waals surface area (Å²) in [6.07, 6.45) is 5.22. The topological polar surface area (TPSA) is 121 Å². The summed E-state index contributed by atoms with van der Waals surface area (Å²) in [6.45, 7) is 3.75. The van der Waals surface area contributed by atoms with Crippen LogP contribution in [0.4, 0.5) is 5.69 Å². The highest BCUT2D eigenvalue weighted by molar-refractivity contribution is 7.92. The van der Waals surface area contributed by atoms with Crippen molar-refractivity contribution in [1.29, 1.82) is 10.5 Å². The van der Waals surface area contributed by atoms with Crippen molar-refractivity contribution in [2.45, 2.75) is 45.6 Å². The molecule has 0 amide bonds. The van der Waals surface area contributed by atoms with E-state index < -0.39 is 10.0 Å². The van der Waals surface area contributed by atoms with Gasteiger partial charge in [0.2, 0.25) is 15.9 Å². The molecule has 192 valence electrons. The molecule has 5 rings (SSSR count). The van der Waals surface area contributed by atoms with Gasteiger partial charge in [-0.05, 0) is 74.6 Å². The molecular weight excluding hydrogens is 498 g/mol. The fourth-order valence-corrected chi connectivity index (χ4v) is 6.04. The van der Waals surface area contributed by atoms with Crippen LogP contribution in [0, 0.1) is 29.6 Å². The summed E-state index contributed by atoms with van der Waals surface area (Å²) in [4.78, 5) is 4.20. The summed E-state index contributed by atoms with van der Waals surface area (Å²) in [5.41, 5.74) is 4.85. The lowest BCUT2D eigenvalue weighted by molar-refractivity contribution is 0.324.